The summed E-state index contributed by atoms with van der Waals surface area (Å²) in [5.74, 6) is 2.35. The number of rotatable bonds is 8. The second-order valence-electron chi connectivity index (χ2n) is 6.76. The summed E-state index contributed by atoms with van der Waals surface area (Å²) in [7, 11) is 0. The Labute approximate surface area is 118 Å². The molecule has 0 heterocycles. The molecule has 0 aromatic carbocycles. The van der Waals surface area contributed by atoms with Crippen molar-refractivity contribution in [2.45, 2.75) is 64.6 Å². The fourth-order valence-corrected chi connectivity index (χ4v) is 3.13. The van der Waals surface area contributed by atoms with Gasteiger partial charge in [0.25, 0.3) is 0 Å². The van der Waals surface area contributed by atoms with Crippen LogP contribution in [0, 0.1) is 17.8 Å². The van der Waals surface area contributed by atoms with Crippen LogP contribution in [0.2, 0.25) is 0 Å². The normalized spacial score (nSPS) is 31.1. The second-order valence-corrected chi connectivity index (χ2v) is 6.76. The fourth-order valence-electron chi connectivity index (χ4n) is 3.13. The van der Waals surface area contributed by atoms with E-state index in [9.17, 15) is 5.11 Å². The largest absolute Gasteiger partial charge is 0.389 e. The Kier molecular flexibility index (Phi) is 6.11. The zero-order valence-electron chi connectivity index (χ0n) is 12.6. The molecule has 4 atom stereocenters. The van der Waals surface area contributed by atoms with E-state index in [1.807, 2.05) is 0 Å². The maximum atomic E-state index is 9.95. The van der Waals surface area contributed by atoms with Gasteiger partial charge in [-0.25, -0.2) is 0 Å². The lowest BCUT2D eigenvalue weighted by atomic mass is 9.88. The van der Waals surface area contributed by atoms with Crippen molar-refractivity contribution in [3.63, 3.8) is 0 Å². The van der Waals surface area contributed by atoms with Gasteiger partial charge >= 0.3 is 0 Å². The number of nitrogens with one attached hydrogen (secondary N) is 1. The Hall–Kier alpha value is -0.120. The van der Waals surface area contributed by atoms with Crippen LogP contribution in [0.4, 0.5) is 0 Å². The molecular formula is C16H31NO2. The van der Waals surface area contributed by atoms with Crippen molar-refractivity contribution in [2.24, 2.45) is 17.8 Å². The van der Waals surface area contributed by atoms with E-state index in [0.29, 0.717) is 25.2 Å². The molecule has 112 valence electrons. The average Bonchev–Trinajstić information content (AvgIpc) is 3.22. The molecule has 2 N–H and O–H groups in total. The van der Waals surface area contributed by atoms with E-state index in [0.717, 1.165) is 18.4 Å². The van der Waals surface area contributed by atoms with Gasteiger partial charge < -0.3 is 15.2 Å². The smallest absolute Gasteiger partial charge is 0.0897 e. The van der Waals surface area contributed by atoms with Gasteiger partial charge in [-0.15, -0.1) is 0 Å². The monoisotopic (exact) mass is 269 g/mol. The topological polar surface area (TPSA) is 41.5 Å². The highest BCUT2D eigenvalue weighted by atomic mass is 16.5. The SMILES string of the molecule is CC(CNCC(O)COC1CCCCC1C)C1CC1. The summed E-state index contributed by atoms with van der Waals surface area (Å²) in [4.78, 5) is 0. The number of hydrogen-bond acceptors (Lipinski definition) is 3. The summed E-state index contributed by atoms with van der Waals surface area (Å²) >= 11 is 0. The summed E-state index contributed by atoms with van der Waals surface area (Å²) in [6, 6.07) is 0. The summed E-state index contributed by atoms with van der Waals surface area (Å²) < 4.78 is 5.88. The lowest BCUT2D eigenvalue weighted by Crippen LogP contribution is -2.36. The third-order valence-electron chi connectivity index (χ3n) is 4.81. The molecule has 0 amide bonds. The highest BCUT2D eigenvalue weighted by Crippen LogP contribution is 2.36. The maximum absolute atomic E-state index is 9.95. The first-order chi connectivity index (χ1) is 9.16. The Balaban J connectivity index is 1.52. The molecule has 19 heavy (non-hydrogen) atoms. The van der Waals surface area contributed by atoms with E-state index >= 15 is 0 Å². The van der Waals surface area contributed by atoms with Crippen molar-refractivity contribution in [3.8, 4) is 0 Å². The number of aliphatic hydroxyl groups excluding tert-OH is 1. The van der Waals surface area contributed by atoms with Gasteiger partial charge in [0, 0.05) is 6.54 Å². The van der Waals surface area contributed by atoms with Gasteiger partial charge in [-0.1, -0.05) is 26.7 Å². The molecule has 2 fully saturated rings. The highest BCUT2D eigenvalue weighted by Gasteiger charge is 2.27. The van der Waals surface area contributed by atoms with Crippen LogP contribution >= 0.6 is 0 Å². The molecule has 0 radical (unpaired) electrons. The quantitative estimate of drug-likeness (QED) is 0.711. The van der Waals surface area contributed by atoms with Gasteiger partial charge in [-0.3, -0.25) is 0 Å². The van der Waals surface area contributed by atoms with Gasteiger partial charge in [0.1, 0.15) is 0 Å². The molecule has 2 rings (SSSR count). The van der Waals surface area contributed by atoms with Crippen LogP contribution in [-0.4, -0.2) is 37.0 Å². The Morgan fingerprint density at radius 2 is 1.89 bits per heavy atom. The summed E-state index contributed by atoms with van der Waals surface area (Å²) in [6.45, 7) is 6.75. The molecule has 4 unspecified atom stereocenters. The molecule has 0 bridgehead atoms. The molecule has 0 aromatic rings. The standard InChI is InChI=1S/C16H31NO2/c1-12-5-3-4-6-16(12)19-11-15(18)10-17-9-13(2)14-7-8-14/h12-18H,3-11H2,1-2H3. The number of hydrogen-bond donors (Lipinski definition) is 2. The number of ether oxygens (including phenoxy) is 1. The fraction of sp³-hybridized carbons (Fsp3) is 1.00. The minimum Gasteiger partial charge on any atom is -0.389 e. The zero-order valence-corrected chi connectivity index (χ0v) is 12.6. The molecule has 0 saturated heterocycles. The van der Waals surface area contributed by atoms with Crippen LogP contribution in [0.1, 0.15) is 52.4 Å². The average molecular weight is 269 g/mol. The summed E-state index contributed by atoms with van der Waals surface area (Å²) in [6.07, 6.45) is 7.86. The van der Waals surface area contributed by atoms with Gasteiger partial charge in [0.15, 0.2) is 0 Å². The van der Waals surface area contributed by atoms with Gasteiger partial charge in [0.05, 0.1) is 18.8 Å². The zero-order chi connectivity index (χ0) is 13.7. The first-order valence-corrected chi connectivity index (χ1v) is 8.17. The molecule has 0 aromatic heterocycles. The van der Waals surface area contributed by atoms with Crippen LogP contribution in [0.25, 0.3) is 0 Å². The maximum Gasteiger partial charge on any atom is 0.0897 e. The summed E-state index contributed by atoms with van der Waals surface area (Å²) in [5.41, 5.74) is 0. The third kappa shape index (κ3) is 5.41. The van der Waals surface area contributed by atoms with E-state index in [1.165, 1.54) is 38.5 Å². The van der Waals surface area contributed by atoms with Crippen molar-refractivity contribution >= 4 is 0 Å². The van der Waals surface area contributed by atoms with E-state index in [-0.39, 0.29) is 6.10 Å². The lowest BCUT2D eigenvalue weighted by molar-refractivity contribution is -0.0452. The van der Waals surface area contributed by atoms with Crippen molar-refractivity contribution in [1.29, 1.82) is 0 Å². The van der Waals surface area contributed by atoms with Crippen molar-refractivity contribution in [3.05, 3.63) is 0 Å². The van der Waals surface area contributed by atoms with Crippen LogP contribution in [0.5, 0.6) is 0 Å². The van der Waals surface area contributed by atoms with E-state index in [1.54, 1.807) is 0 Å². The van der Waals surface area contributed by atoms with Crippen LogP contribution in [-0.2, 0) is 4.74 Å². The van der Waals surface area contributed by atoms with Crippen LogP contribution in [0.15, 0.2) is 0 Å². The predicted molar refractivity (Wildman–Crippen MR) is 78.1 cm³/mol. The highest BCUT2D eigenvalue weighted by molar-refractivity contribution is 4.80. The van der Waals surface area contributed by atoms with E-state index < -0.39 is 0 Å². The van der Waals surface area contributed by atoms with Crippen LogP contribution < -0.4 is 5.32 Å². The Morgan fingerprint density at radius 1 is 1.16 bits per heavy atom. The molecule has 0 spiro atoms. The first kappa shape index (κ1) is 15.3. The van der Waals surface area contributed by atoms with Gasteiger partial charge in [-0.2, -0.15) is 0 Å². The van der Waals surface area contributed by atoms with E-state index in [2.05, 4.69) is 19.2 Å². The third-order valence-corrected chi connectivity index (χ3v) is 4.81. The molecular weight excluding hydrogens is 238 g/mol. The summed E-state index contributed by atoms with van der Waals surface area (Å²) in [5, 5.41) is 13.3. The van der Waals surface area contributed by atoms with Gasteiger partial charge in [0.2, 0.25) is 0 Å². The molecule has 3 heteroatoms. The van der Waals surface area contributed by atoms with Crippen molar-refractivity contribution in [2.75, 3.05) is 19.7 Å². The van der Waals surface area contributed by atoms with Gasteiger partial charge in [-0.05, 0) is 50.0 Å². The molecule has 2 aliphatic carbocycles. The number of aliphatic hydroxyl groups is 1. The Bertz CT molecular complexity index is 255. The predicted octanol–water partition coefficient (Wildman–Crippen LogP) is 2.58. The molecule has 2 saturated carbocycles. The second kappa shape index (κ2) is 7.61. The molecule has 0 aliphatic heterocycles. The lowest BCUT2D eigenvalue weighted by Gasteiger charge is -2.29. The minimum absolute atomic E-state index is 0.361. The first-order valence-electron chi connectivity index (χ1n) is 8.17. The Morgan fingerprint density at radius 3 is 2.58 bits per heavy atom. The van der Waals surface area contributed by atoms with Crippen LogP contribution in [0.3, 0.4) is 0 Å². The molecule has 3 nitrogen and oxygen atoms in total. The van der Waals surface area contributed by atoms with Crippen molar-refractivity contribution < 1.29 is 9.84 Å². The molecule has 2 aliphatic rings. The van der Waals surface area contributed by atoms with Crippen molar-refractivity contribution in [1.82, 2.24) is 5.32 Å². The van der Waals surface area contributed by atoms with E-state index in [4.69, 9.17) is 4.74 Å². The minimum atomic E-state index is -0.361.